The maximum Gasteiger partial charge on any atom is 0.245 e. The molecule has 28 heavy (non-hydrogen) atoms. The van der Waals surface area contributed by atoms with Gasteiger partial charge in [-0.05, 0) is 31.2 Å². The quantitative estimate of drug-likeness (QED) is 0.669. The van der Waals surface area contributed by atoms with E-state index < -0.39 is 15.9 Å². The molecular weight excluding hydrogens is 423 g/mol. The Balaban J connectivity index is 2.17. The van der Waals surface area contributed by atoms with Crippen molar-refractivity contribution in [3.8, 4) is 5.75 Å². The molecule has 152 valence electrons. The molecule has 2 rings (SSSR count). The van der Waals surface area contributed by atoms with Gasteiger partial charge in [0.25, 0.3) is 0 Å². The fraction of sp³-hybridized carbons (Fsp3) is 0.316. The topological polar surface area (TPSA) is 75.7 Å². The Kier molecular flexibility index (Phi) is 7.71. The van der Waals surface area contributed by atoms with Crippen LogP contribution in [-0.2, 0) is 14.8 Å². The molecule has 0 spiro atoms. The summed E-state index contributed by atoms with van der Waals surface area (Å²) in [6.45, 7) is 3.20. The number of methoxy groups -OCH3 is 1. The number of para-hydroxylation sites is 1. The molecule has 0 aliphatic carbocycles. The number of halogens is 2. The van der Waals surface area contributed by atoms with Crippen molar-refractivity contribution in [3.63, 3.8) is 0 Å². The van der Waals surface area contributed by atoms with Crippen LogP contribution in [0.3, 0.4) is 0 Å². The molecule has 9 heteroatoms. The number of carbonyl (C=O) groups excluding carboxylic acids is 1. The minimum absolute atomic E-state index is 0.0469. The Hall–Kier alpha value is -1.80. The Morgan fingerprint density at radius 1 is 1.21 bits per heavy atom. The third kappa shape index (κ3) is 5.17. The van der Waals surface area contributed by atoms with Crippen molar-refractivity contribution < 1.29 is 17.9 Å². The highest BCUT2D eigenvalue weighted by Gasteiger charge is 2.28. The lowest BCUT2D eigenvalue weighted by atomic mass is 10.1. The Bertz CT molecular complexity index is 951. The van der Waals surface area contributed by atoms with Crippen molar-refractivity contribution in [2.75, 3.05) is 20.2 Å². The van der Waals surface area contributed by atoms with Gasteiger partial charge in [0.1, 0.15) is 10.6 Å². The number of hydrogen-bond donors (Lipinski definition) is 1. The van der Waals surface area contributed by atoms with E-state index in [1.165, 1.54) is 18.2 Å². The molecule has 1 N–H and O–H groups in total. The van der Waals surface area contributed by atoms with Crippen LogP contribution in [0.2, 0.25) is 10.0 Å². The van der Waals surface area contributed by atoms with Gasteiger partial charge in [0.15, 0.2) is 0 Å². The van der Waals surface area contributed by atoms with Gasteiger partial charge in [0, 0.05) is 17.1 Å². The third-order valence-electron chi connectivity index (χ3n) is 4.17. The summed E-state index contributed by atoms with van der Waals surface area (Å²) >= 11 is 11.9. The number of nitrogens with zero attached hydrogens (tertiary/aromatic N) is 1. The second kappa shape index (κ2) is 9.60. The van der Waals surface area contributed by atoms with Gasteiger partial charge in [-0.15, -0.1) is 0 Å². The van der Waals surface area contributed by atoms with Crippen molar-refractivity contribution in [3.05, 3.63) is 58.1 Å². The molecular formula is C19H22Cl2N2O4S. The van der Waals surface area contributed by atoms with Crippen LogP contribution in [0.25, 0.3) is 0 Å². The Morgan fingerprint density at radius 3 is 2.54 bits per heavy atom. The molecule has 0 aromatic heterocycles. The Labute approximate surface area is 175 Å². The minimum Gasteiger partial charge on any atom is -0.496 e. The van der Waals surface area contributed by atoms with E-state index in [-0.39, 0.29) is 34.1 Å². The van der Waals surface area contributed by atoms with Crippen LogP contribution >= 0.6 is 23.2 Å². The van der Waals surface area contributed by atoms with E-state index >= 15 is 0 Å². The van der Waals surface area contributed by atoms with Crippen LogP contribution in [0.15, 0.2) is 47.4 Å². The van der Waals surface area contributed by atoms with Gasteiger partial charge in [-0.2, -0.15) is 4.31 Å². The molecule has 0 saturated carbocycles. The predicted molar refractivity (Wildman–Crippen MR) is 110 cm³/mol. The van der Waals surface area contributed by atoms with E-state index in [1.807, 2.05) is 18.2 Å². The van der Waals surface area contributed by atoms with Crippen LogP contribution < -0.4 is 10.1 Å². The summed E-state index contributed by atoms with van der Waals surface area (Å²) in [7, 11) is -2.43. The molecule has 1 amide bonds. The number of carbonyl (C=O) groups is 1. The lowest BCUT2D eigenvalue weighted by molar-refractivity contribution is -0.121. The van der Waals surface area contributed by atoms with E-state index in [2.05, 4.69) is 5.32 Å². The average molecular weight is 445 g/mol. The number of rotatable bonds is 8. The standard InChI is InChI=1S/C19H22Cl2N2O4S/c1-4-23(28(25,26)18-11-14(20)9-10-16(18)21)12-19(24)22-13(2)15-7-5-6-8-17(15)27-3/h5-11,13H,4,12H2,1-3H3,(H,22,24)/t13-/m0/s1. The van der Waals surface area contributed by atoms with E-state index in [9.17, 15) is 13.2 Å². The third-order valence-corrected chi connectivity index (χ3v) is 6.80. The summed E-state index contributed by atoms with van der Waals surface area (Å²) in [4.78, 5) is 12.4. The first-order valence-electron chi connectivity index (χ1n) is 8.58. The van der Waals surface area contributed by atoms with Gasteiger partial charge in [0.05, 0.1) is 24.7 Å². The molecule has 2 aromatic carbocycles. The number of ether oxygens (including phenoxy) is 1. The van der Waals surface area contributed by atoms with Crippen LogP contribution in [0.5, 0.6) is 5.75 Å². The number of nitrogens with one attached hydrogen (secondary N) is 1. The number of sulfonamides is 1. The van der Waals surface area contributed by atoms with Gasteiger partial charge in [-0.25, -0.2) is 8.42 Å². The first-order valence-corrected chi connectivity index (χ1v) is 10.8. The van der Waals surface area contributed by atoms with Crippen LogP contribution in [0.1, 0.15) is 25.5 Å². The van der Waals surface area contributed by atoms with Crippen molar-refractivity contribution in [2.45, 2.75) is 24.8 Å². The fourth-order valence-corrected chi connectivity index (χ4v) is 4.87. The van der Waals surface area contributed by atoms with Gasteiger partial charge in [0.2, 0.25) is 15.9 Å². The summed E-state index contributed by atoms with van der Waals surface area (Å²) < 4.78 is 32.2. The maximum atomic E-state index is 12.9. The summed E-state index contributed by atoms with van der Waals surface area (Å²) in [5.41, 5.74) is 0.794. The number of amides is 1. The van der Waals surface area contributed by atoms with E-state index in [0.717, 1.165) is 9.87 Å². The summed E-state index contributed by atoms with van der Waals surface area (Å²) in [6, 6.07) is 11.1. The zero-order chi connectivity index (χ0) is 20.9. The molecule has 2 aromatic rings. The van der Waals surface area contributed by atoms with Crippen molar-refractivity contribution >= 4 is 39.1 Å². The zero-order valence-corrected chi connectivity index (χ0v) is 18.1. The Morgan fingerprint density at radius 2 is 1.89 bits per heavy atom. The highest BCUT2D eigenvalue weighted by atomic mass is 35.5. The minimum atomic E-state index is -3.98. The number of benzene rings is 2. The molecule has 0 unspecified atom stereocenters. The smallest absolute Gasteiger partial charge is 0.245 e. The van der Waals surface area contributed by atoms with Crippen molar-refractivity contribution in [1.82, 2.24) is 9.62 Å². The van der Waals surface area contributed by atoms with Crippen LogP contribution in [0, 0.1) is 0 Å². The second-order valence-corrected chi connectivity index (χ2v) is 8.79. The first-order chi connectivity index (χ1) is 13.2. The molecule has 6 nitrogen and oxygen atoms in total. The zero-order valence-electron chi connectivity index (χ0n) is 15.8. The van der Waals surface area contributed by atoms with Crippen molar-refractivity contribution in [1.29, 1.82) is 0 Å². The number of hydrogen-bond acceptors (Lipinski definition) is 4. The molecule has 0 aliphatic rings. The molecule has 0 heterocycles. The van der Waals surface area contributed by atoms with Crippen molar-refractivity contribution in [2.24, 2.45) is 0 Å². The van der Waals surface area contributed by atoms with E-state index in [4.69, 9.17) is 27.9 Å². The molecule has 1 atom stereocenters. The van der Waals surface area contributed by atoms with Gasteiger partial charge in [-0.3, -0.25) is 4.79 Å². The van der Waals surface area contributed by atoms with Gasteiger partial charge < -0.3 is 10.1 Å². The fourth-order valence-electron chi connectivity index (χ4n) is 2.73. The summed E-state index contributed by atoms with van der Waals surface area (Å²) in [5, 5.41) is 3.09. The molecule has 0 aliphatic heterocycles. The van der Waals surface area contributed by atoms with E-state index in [1.54, 1.807) is 27.0 Å². The van der Waals surface area contributed by atoms with Crippen LogP contribution in [-0.4, -0.2) is 38.8 Å². The molecule has 0 saturated heterocycles. The predicted octanol–water partition coefficient (Wildman–Crippen LogP) is 3.89. The van der Waals surface area contributed by atoms with E-state index in [0.29, 0.717) is 5.75 Å². The highest BCUT2D eigenvalue weighted by Crippen LogP contribution is 2.28. The van der Waals surface area contributed by atoms with Gasteiger partial charge in [-0.1, -0.05) is 48.3 Å². The second-order valence-electron chi connectivity index (χ2n) is 6.04. The highest BCUT2D eigenvalue weighted by molar-refractivity contribution is 7.89. The molecule has 0 radical (unpaired) electrons. The lowest BCUT2D eigenvalue weighted by Gasteiger charge is -2.23. The normalized spacial score (nSPS) is 12.6. The first kappa shape index (κ1) is 22.5. The average Bonchev–Trinajstić information content (AvgIpc) is 2.67. The lowest BCUT2D eigenvalue weighted by Crippen LogP contribution is -2.41. The van der Waals surface area contributed by atoms with Crippen LogP contribution in [0.4, 0.5) is 0 Å². The largest absolute Gasteiger partial charge is 0.496 e. The van der Waals surface area contributed by atoms with Gasteiger partial charge >= 0.3 is 0 Å². The monoisotopic (exact) mass is 444 g/mol. The summed E-state index contributed by atoms with van der Waals surface area (Å²) in [5.74, 6) is 0.197. The SMILES string of the molecule is CCN(CC(=O)N[C@@H](C)c1ccccc1OC)S(=O)(=O)c1cc(Cl)ccc1Cl. The number of likely N-dealkylation sites (N-methyl/N-ethyl adjacent to an activating group) is 1. The maximum absolute atomic E-state index is 12.9. The summed E-state index contributed by atoms with van der Waals surface area (Å²) in [6.07, 6.45) is 0. The molecule has 0 bridgehead atoms. The molecule has 0 fully saturated rings.